The molecule has 0 aliphatic rings. The van der Waals surface area contributed by atoms with Gasteiger partial charge >= 0.3 is 0 Å². The zero-order valence-electron chi connectivity index (χ0n) is 17.3. The molecule has 0 radical (unpaired) electrons. The minimum Gasteiger partial charge on any atom is -0.488 e. The monoisotopic (exact) mass is 433 g/mol. The summed E-state index contributed by atoms with van der Waals surface area (Å²) in [5.74, 6) is -0.0495. The zero-order valence-corrected chi connectivity index (χ0v) is 17.3. The molecule has 162 valence electrons. The molecule has 5 nitrogen and oxygen atoms in total. The maximum absolute atomic E-state index is 13.5. The number of carbonyl (C=O) groups is 1. The molecule has 1 heterocycles. The third-order valence-corrected chi connectivity index (χ3v) is 5.03. The zero-order chi connectivity index (χ0) is 22.5. The Kier molecular flexibility index (Phi) is 6.26. The summed E-state index contributed by atoms with van der Waals surface area (Å²) < 4.78 is 34.2. The van der Waals surface area contributed by atoms with Gasteiger partial charge in [0.05, 0.1) is 5.56 Å². The molecule has 32 heavy (non-hydrogen) atoms. The van der Waals surface area contributed by atoms with Gasteiger partial charge in [0.15, 0.2) is 0 Å². The van der Waals surface area contributed by atoms with Gasteiger partial charge in [-0.25, -0.2) is 13.8 Å². The lowest BCUT2D eigenvalue weighted by Gasteiger charge is -2.20. The molecule has 1 N–H and O–H groups in total. The van der Waals surface area contributed by atoms with E-state index in [-0.39, 0.29) is 24.1 Å². The number of para-hydroxylation sites is 1. The van der Waals surface area contributed by atoms with Crippen molar-refractivity contribution in [2.75, 3.05) is 0 Å². The van der Waals surface area contributed by atoms with Crippen molar-refractivity contribution in [1.29, 1.82) is 0 Å². The minimum absolute atomic E-state index is 0.186. The second kappa shape index (κ2) is 9.43. The number of aromatic nitrogens is 2. The molecule has 0 spiro atoms. The molecular formula is C25H21F2N3O2. The van der Waals surface area contributed by atoms with Crippen LogP contribution in [0.4, 0.5) is 8.78 Å². The summed E-state index contributed by atoms with van der Waals surface area (Å²) in [5, 5.41) is 2.98. The van der Waals surface area contributed by atoms with Crippen LogP contribution in [0.3, 0.4) is 0 Å². The molecule has 4 rings (SSSR count). The summed E-state index contributed by atoms with van der Waals surface area (Å²) >= 11 is 0. The molecule has 0 saturated heterocycles. The first-order valence-corrected chi connectivity index (χ1v) is 10.0. The molecule has 4 aromatic rings. The van der Waals surface area contributed by atoms with E-state index in [0.717, 1.165) is 5.56 Å². The minimum atomic E-state index is -0.590. The Labute approximate surface area is 184 Å². The van der Waals surface area contributed by atoms with E-state index >= 15 is 0 Å². The van der Waals surface area contributed by atoms with Crippen LogP contribution in [0.5, 0.6) is 5.75 Å². The number of hydrogen-bond donors (Lipinski definition) is 1. The molecule has 0 bridgehead atoms. The number of nitrogens with one attached hydrogen (secondary N) is 1. The van der Waals surface area contributed by atoms with Crippen molar-refractivity contribution in [1.82, 2.24) is 14.9 Å². The van der Waals surface area contributed by atoms with Crippen LogP contribution < -0.4 is 10.1 Å². The fourth-order valence-electron chi connectivity index (χ4n) is 3.34. The predicted octanol–water partition coefficient (Wildman–Crippen LogP) is 4.80. The number of halogens is 2. The van der Waals surface area contributed by atoms with Crippen LogP contribution in [-0.2, 0) is 13.7 Å². The van der Waals surface area contributed by atoms with Crippen molar-refractivity contribution in [2.24, 2.45) is 7.05 Å². The maximum Gasteiger partial charge on any atom is 0.255 e. The van der Waals surface area contributed by atoms with Gasteiger partial charge in [-0.15, -0.1) is 0 Å². The van der Waals surface area contributed by atoms with E-state index in [2.05, 4.69) is 10.3 Å². The SMILES string of the molecule is Cn1ccnc1C(NC(=O)c1ccccc1OCc1ccc(F)cc1)c1ccc(F)cc1. The molecule has 7 heteroatoms. The summed E-state index contributed by atoms with van der Waals surface area (Å²) in [7, 11) is 1.82. The Morgan fingerprint density at radius 2 is 1.66 bits per heavy atom. The molecule has 0 aliphatic heterocycles. The van der Waals surface area contributed by atoms with Crippen LogP contribution in [0.2, 0.25) is 0 Å². The van der Waals surface area contributed by atoms with E-state index in [1.165, 1.54) is 24.3 Å². The van der Waals surface area contributed by atoms with Crippen molar-refractivity contribution in [3.63, 3.8) is 0 Å². The molecule has 1 atom stereocenters. The van der Waals surface area contributed by atoms with Crippen LogP contribution >= 0.6 is 0 Å². The van der Waals surface area contributed by atoms with Crippen LogP contribution in [0.25, 0.3) is 0 Å². The highest BCUT2D eigenvalue weighted by Crippen LogP contribution is 2.24. The molecular weight excluding hydrogens is 412 g/mol. The molecule has 0 aliphatic carbocycles. The molecule has 1 aromatic heterocycles. The normalized spacial score (nSPS) is 11.7. The van der Waals surface area contributed by atoms with Crippen molar-refractivity contribution < 1.29 is 18.3 Å². The largest absolute Gasteiger partial charge is 0.488 e. The lowest BCUT2D eigenvalue weighted by Crippen LogP contribution is -2.31. The Balaban J connectivity index is 1.58. The molecule has 3 aromatic carbocycles. The summed E-state index contributed by atoms with van der Waals surface area (Å²) in [4.78, 5) is 17.6. The number of benzene rings is 3. The van der Waals surface area contributed by atoms with Gasteiger partial charge in [-0.3, -0.25) is 4.79 Å². The molecule has 0 fully saturated rings. The standard InChI is InChI=1S/C25H21F2N3O2/c1-30-15-14-28-24(30)23(18-8-12-20(27)13-9-18)29-25(31)21-4-2-3-5-22(21)32-16-17-6-10-19(26)11-7-17/h2-15,23H,16H2,1H3,(H,29,31). The number of amides is 1. The number of aryl methyl sites for hydroxylation is 1. The van der Waals surface area contributed by atoms with Crippen LogP contribution in [0.1, 0.15) is 33.4 Å². The van der Waals surface area contributed by atoms with Crippen LogP contribution in [0, 0.1) is 11.6 Å². The number of nitrogens with zero attached hydrogens (tertiary/aromatic N) is 2. The lowest BCUT2D eigenvalue weighted by molar-refractivity contribution is 0.0936. The number of carbonyl (C=O) groups excluding carboxylic acids is 1. The quantitative estimate of drug-likeness (QED) is 0.456. The summed E-state index contributed by atoms with van der Waals surface area (Å²) in [5.41, 5.74) is 1.81. The van der Waals surface area contributed by atoms with Crippen LogP contribution in [0.15, 0.2) is 85.2 Å². The Morgan fingerprint density at radius 1 is 1.00 bits per heavy atom. The maximum atomic E-state index is 13.5. The third kappa shape index (κ3) is 4.83. The van der Waals surface area contributed by atoms with Gasteiger partial charge in [0, 0.05) is 19.4 Å². The van der Waals surface area contributed by atoms with Crippen molar-refractivity contribution >= 4 is 5.91 Å². The Morgan fingerprint density at radius 3 is 2.31 bits per heavy atom. The van der Waals surface area contributed by atoms with Gasteiger partial charge in [-0.05, 0) is 47.5 Å². The van der Waals surface area contributed by atoms with Gasteiger partial charge < -0.3 is 14.6 Å². The van der Waals surface area contributed by atoms with Crippen molar-refractivity contribution in [3.05, 3.63) is 119 Å². The average molecular weight is 433 g/mol. The van der Waals surface area contributed by atoms with E-state index in [0.29, 0.717) is 22.7 Å². The van der Waals surface area contributed by atoms with E-state index in [1.807, 2.05) is 7.05 Å². The first kappa shape index (κ1) is 21.2. The van der Waals surface area contributed by atoms with Crippen LogP contribution in [-0.4, -0.2) is 15.5 Å². The fraction of sp³-hybridized carbons (Fsp3) is 0.120. The van der Waals surface area contributed by atoms with E-state index in [1.54, 1.807) is 65.5 Å². The van der Waals surface area contributed by atoms with Crippen molar-refractivity contribution in [2.45, 2.75) is 12.6 Å². The first-order valence-electron chi connectivity index (χ1n) is 10.0. The highest BCUT2D eigenvalue weighted by molar-refractivity contribution is 5.97. The number of ether oxygens (including phenoxy) is 1. The molecule has 0 saturated carbocycles. The van der Waals surface area contributed by atoms with Gasteiger partial charge in [0.2, 0.25) is 0 Å². The number of hydrogen-bond acceptors (Lipinski definition) is 3. The Hall–Kier alpha value is -4.00. The smallest absolute Gasteiger partial charge is 0.255 e. The summed E-state index contributed by atoms with van der Waals surface area (Å²) in [6.07, 6.45) is 3.41. The van der Waals surface area contributed by atoms with E-state index < -0.39 is 6.04 Å². The Bertz CT molecular complexity index is 1200. The second-order valence-corrected chi connectivity index (χ2v) is 7.27. The van der Waals surface area contributed by atoms with Gasteiger partial charge in [-0.2, -0.15) is 0 Å². The van der Waals surface area contributed by atoms with Gasteiger partial charge in [0.25, 0.3) is 5.91 Å². The third-order valence-electron chi connectivity index (χ3n) is 5.03. The fourth-order valence-corrected chi connectivity index (χ4v) is 3.34. The number of imidazole rings is 1. The van der Waals surface area contributed by atoms with E-state index in [9.17, 15) is 13.6 Å². The highest BCUT2D eigenvalue weighted by Gasteiger charge is 2.23. The van der Waals surface area contributed by atoms with Gasteiger partial charge in [0.1, 0.15) is 35.9 Å². The lowest BCUT2D eigenvalue weighted by atomic mass is 10.0. The number of rotatable bonds is 7. The van der Waals surface area contributed by atoms with E-state index in [4.69, 9.17) is 4.74 Å². The highest BCUT2D eigenvalue weighted by atomic mass is 19.1. The second-order valence-electron chi connectivity index (χ2n) is 7.27. The first-order chi connectivity index (χ1) is 15.5. The summed E-state index contributed by atoms with van der Waals surface area (Å²) in [6.45, 7) is 0.186. The molecule has 1 unspecified atom stereocenters. The summed E-state index contributed by atoms with van der Waals surface area (Å²) in [6, 6.07) is 18.2. The predicted molar refractivity (Wildman–Crippen MR) is 116 cm³/mol. The topological polar surface area (TPSA) is 56.2 Å². The molecule has 1 amide bonds. The average Bonchev–Trinajstić information content (AvgIpc) is 3.23. The van der Waals surface area contributed by atoms with Gasteiger partial charge in [-0.1, -0.05) is 36.4 Å². The van der Waals surface area contributed by atoms with Crippen molar-refractivity contribution in [3.8, 4) is 5.75 Å².